The molecular formula is C14H23N3O3S. The molecule has 1 amide bonds. The van der Waals surface area contributed by atoms with Gasteiger partial charge in [0.25, 0.3) is 0 Å². The minimum absolute atomic E-state index is 0.0442. The summed E-state index contributed by atoms with van der Waals surface area (Å²) in [5.74, 6) is -0.0442. The Balaban J connectivity index is 2.71. The number of hydrogen-bond donors (Lipinski definition) is 2. The molecule has 0 aliphatic rings. The summed E-state index contributed by atoms with van der Waals surface area (Å²) >= 11 is 0. The third-order valence-corrected chi connectivity index (χ3v) is 4.76. The maximum absolute atomic E-state index is 12.2. The second-order valence-corrected chi connectivity index (χ2v) is 6.93. The van der Waals surface area contributed by atoms with Gasteiger partial charge in [0.1, 0.15) is 4.90 Å². The van der Waals surface area contributed by atoms with Crippen molar-refractivity contribution < 1.29 is 13.2 Å². The summed E-state index contributed by atoms with van der Waals surface area (Å²) < 4.78 is 25.6. The fourth-order valence-corrected chi connectivity index (χ4v) is 2.76. The number of carbonyl (C=O) groups is 1. The van der Waals surface area contributed by atoms with Crippen LogP contribution in [0.3, 0.4) is 0 Å². The van der Waals surface area contributed by atoms with Gasteiger partial charge in [-0.1, -0.05) is 19.1 Å². The lowest BCUT2D eigenvalue weighted by Crippen LogP contribution is -2.26. The second-order valence-electron chi connectivity index (χ2n) is 4.81. The number of hydrogen-bond acceptors (Lipinski definition) is 4. The van der Waals surface area contributed by atoms with Crippen molar-refractivity contribution in [1.82, 2.24) is 9.62 Å². The van der Waals surface area contributed by atoms with E-state index in [0.29, 0.717) is 25.2 Å². The van der Waals surface area contributed by atoms with E-state index in [1.807, 2.05) is 6.92 Å². The summed E-state index contributed by atoms with van der Waals surface area (Å²) in [7, 11) is -0.521. The maximum atomic E-state index is 12.2. The van der Waals surface area contributed by atoms with Crippen molar-refractivity contribution >= 4 is 21.6 Å². The fourth-order valence-electron chi connectivity index (χ4n) is 1.70. The van der Waals surface area contributed by atoms with Crippen LogP contribution in [-0.2, 0) is 14.8 Å². The van der Waals surface area contributed by atoms with Crippen LogP contribution in [0.1, 0.15) is 19.8 Å². The number of sulfonamides is 1. The topological polar surface area (TPSA) is 78.5 Å². The third kappa shape index (κ3) is 5.02. The van der Waals surface area contributed by atoms with Gasteiger partial charge in [0.05, 0.1) is 5.69 Å². The zero-order valence-electron chi connectivity index (χ0n) is 12.7. The Labute approximate surface area is 126 Å². The third-order valence-electron chi connectivity index (χ3n) is 2.89. The molecule has 0 bridgehead atoms. The first-order valence-electron chi connectivity index (χ1n) is 6.91. The highest BCUT2D eigenvalue weighted by molar-refractivity contribution is 7.89. The van der Waals surface area contributed by atoms with Crippen LogP contribution in [0.4, 0.5) is 5.69 Å². The zero-order valence-corrected chi connectivity index (χ0v) is 13.5. The molecule has 0 saturated heterocycles. The molecule has 21 heavy (non-hydrogen) atoms. The molecule has 7 heteroatoms. The summed E-state index contributed by atoms with van der Waals surface area (Å²) in [6, 6.07) is 6.68. The zero-order chi connectivity index (χ0) is 15.9. The molecule has 0 spiro atoms. The standard InChI is InChI=1S/C14H23N3O3S/c1-4-10-16-14(18)9-11-15-12-7-5-6-8-13(12)21(19,20)17(2)3/h5-8,15H,4,9-11H2,1-3H3,(H,16,18). The van der Waals surface area contributed by atoms with Crippen LogP contribution < -0.4 is 10.6 Å². The second kappa shape index (κ2) is 7.99. The van der Waals surface area contributed by atoms with Crippen LogP contribution >= 0.6 is 0 Å². The van der Waals surface area contributed by atoms with E-state index in [-0.39, 0.29) is 10.8 Å². The molecule has 0 aliphatic heterocycles. The molecule has 6 nitrogen and oxygen atoms in total. The highest BCUT2D eigenvalue weighted by atomic mass is 32.2. The van der Waals surface area contributed by atoms with Gasteiger partial charge in [-0.25, -0.2) is 12.7 Å². The number of para-hydroxylation sites is 1. The molecule has 0 aromatic heterocycles. The number of carbonyl (C=O) groups excluding carboxylic acids is 1. The van der Waals surface area contributed by atoms with Crippen molar-refractivity contribution in [3.8, 4) is 0 Å². The SMILES string of the molecule is CCCNC(=O)CCNc1ccccc1S(=O)(=O)N(C)C. The Kier molecular flexibility index (Phi) is 6.64. The first kappa shape index (κ1) is 17.5. The van der Waals surface area contributed by atoms with Gasteiger partial charge in [-0.3, -0.25) is 4.79 Å². The molecule has 0 saturated carbocycles. The van der Waals surface area contributed by atoms with E-state index < -0.39 is 10.0 Å². The molecule has 1 aromatic carbocycles. The molecule has 1 rings (SSSR count). The lowest BCUT2D eigenvalue weighted by Gasteiger charge is -2.16. The summed E-state index contributed by atoms with van der Waals surface area (Å²) in [6.45, 7) is 3.03. The fraction of sp³-hybridized carbons (Fsp3) is 0.500. The smallest absolute Gasteiger partial charge is 0.244 e. The lowest BCUT2D eigenvalue weighted by molar-refractivity contribution is -0.120. The van der Waals surface area contributed by atoms with Crippen LogP contribution in [0.15, 0.2) is 29.2 Å². The Hall–Kier alpha value is -1.60. The van der Waals surface area contributed by atoms with Gasteiger partial charge in [-0.05, 0) is 18.6 Å². The Morgan fingerprint density at radius 3 is 2.48 bits per heavy atom. The molecular weight excluding hydrogens is 290 g/mol. The van der Waals surface area contributed by atoms with E-state index in [1.165, 1.54) is 18.4 Å². The van der Waals surface area contributed by atoms with E-state index >= 15 is 0 Å². The highest BCUT2D eigenvalue weighted by Crippen LogP contribution is 2.22. The Bertz CT molecular complexity index is 571. The van der Waals surface area contributed by atoms with Crippen molar-refractivity contribution in [2.75, 3.05) is 32.5 Å². The summed E-state index contributed by atoms with van der Waals surface area (Å²) in [4.78, 5) is 11.7. The number of benzene rings is 1. The number of nitrogens with zero attached hydrogens (tertiary/aromatic N) is 1. The van der Waals surface area contributed by atoms with Crippen molar-refractivity contribution in [3.63, 3.8) is 0 Å². The average Bonchev–Trinajstić information content (AvgIpc) is 2.45. The van der Waals surface area contributed by atoms with Crippen LogP contribution in [0.5, 0.6) is 0 Å². The number of anilines is 1. The predicted octanol–water partition coefficient (Wildman–Crippen LogP) is 1.27. The monoisotopic (exact) mass is 313 g/mol. The Morgan fingerprint density at radius 1 is 1.19 bits per heavy atom. The van der Waals surface area contributed by atoms with Crippen LogP contribution in [0.25, 0.3) is 0 Å². The molecule has 0 aliphatic carbocycles. The van der Waals surface area contributed by atoms with Crippen molar-refractivity contribution in [3.05, 3.63) is 24.3 Å². The number of nitrogens with one attached hydrogen (secondary N) is 2. The average molecular weight is 313 g/mol. The van der Waals surface area contributed by atoms with Gasteiger partial charge in [0, 0.05) is 33.6 Å². The van der Waals surface area contributed by atoms with Crippen molar-refractivity contribution in [1.29, 1.82) is 0 Å². The lowest BCUT2D eigenvalue weighted by atomic mass is 10.3. The molecule has 118 valence electrons. The highest BCUT2D eigenvalue weighted by Gasteiger charge is 2.20. The minimum atomic E-state index is -3.50. The molecule has 0 fully saturated rings. The molecule has 0 heterocycles. The van der Waals surface area contributed by atoms with Crippen LogP contribution in [0, 0.1) is 0 Å². The predicted molar refractivity (Wildman–Crippen MR) is 83.7 cm³/mol. The van der Waals surface area contributed by atoms with E-state index in [0.717, 1.165) is 6.42 Å². The normalized spacial score (nSPS) is 11.4. The first-order chi connectivity index (χ1) is 9.89. The summed E-state index contributed by atoms with van der Waals surface area (Å²) in [6.07, 6.45) is 1.19. The van der Waals surface area contributed by atoms with Gasteiger partial charge < -0.3 is 10.6 Å². The maximum Gasteiger partial charge on any atom is 0.244 e. The van der Waals surface area contributed by atoms with Crippen molar-refractivity contribution in [2.45, 2.75) is 24.7 Å². The van der Waals surface area contributed by atoms with Crippen LogP contribution in [0.2, 0.25) is 0 Å². The van der Waals surface area contributed by atoms with E-state index in [4.69, 9.17) is 0 Å². The van der Waals surface area contributed by atoms with Gasteiger partial charge in [0.2, 0.25) is 15.9 Å². The molecule has 1 aromatic rings. The quantitative estimate of drug-likeness (QED) is 0.757. The molecule has 0 radical (unpaired) electrons. The van der Waals surface area contributed by atoms with Gasteiger partial charge >= 0.3 is 0 Å². The van der Waals surface area contributed by atoms with Gasteiger partial charge in [-0.15, -0.1) is 0 Å². The molecule has 0 atom stereocenters. The Morgan fingerprint density at radius 2 is 1.86 bits per heavy atom. The number of amides is 1. The number of rotatable bonds is 8. The van der Waals surface area contributed by atoms with Crippen molar-refractivity contribution in [2.24, 2.45) is 0 Å². The minimum Gasteiger partial charge on any atom is -0.383 e. The van der Waals surface area contributed by atoms with Gasteiger partial charge in [0.15, 0.2) is 0 Å². The summed E-state index contributed by atoms with van der Waals surface area (Å²) in [5, 5.41) is 5.79. The largest absolute Gasteiger partial charge is 0.383 e. The van der Waals surface area contributed by atoms with E-state index in [9.17, 15) is 13.2 Å². The summed E-state index contributed by atoms with van der Waals surface area (Å²) in [5.41, 5.74) is 0.509. The van der Waals surface area contributed by atoms with E-state index in [1.54, 1.807) is 24.3 Å². The first-order valence-corrected chi connectivity index (χ1v) is 8.35. The van der Waals surface area contributed by atoms with Gasteiger partial charge in [-0.2, -0.15) is 0 Å². The van der Waals surface area contributed by atoms with Crippen LogP contribution in [-0.4, -0.2) is 45.8 Å². The van der Waals surface area contributed by atoms with E-state index in [2.05, 4.69) is 10.6 Å². The molecule has 2 N–H and O–H groups in total. The molecule has 0 unspecified atom stereocenters.